The number of halogens is 1. The Kier molecular flexibility index (Phi) is 6.90. The van der Waals surface area contributed by atoms with Crippen LogP contribution in [0.25, 0.3) is 10.9 Å². The summed E-state index contributed by atoms with van der Waals surface area (Å²) >= 11 is 6.17. The van der Waals surface area contributed by atoms with Crippen molar-refractivity contribution in [3.8, 4) is 6.07 Å². The summed E-state index contributed by atoms with van der Waals surface area (Å²) in [5.74, 6) is -0.0405. The Morgan fingerprint density at radius 1 is 1.12 bits per heavy atom. The molecule has 4 aromatic rings. The van der Waals surface area contributed by atoms with Crippen molar-refractivity contribution in [3.05, 3.63) is 88.8 Å². The van der Waals surface area contributed by atoms with Gasteiger partial charge in [0.05, 0.1) is 23.2 Å². The first-order chi connectivity index (χ1) is 16.4. The zero-order valence-corrected chi connectivity index (χ0v) is 19.6. The highest BCUT2D eigenvalue weighted by molar-refractivity contribution is 6.30. The molecule has 1 amide bonds. The maximum Gasteiger partial charge on any atom is 0.226 e. The minimum Gasteiger partial charge on any atom is -0.381 e. The topological polar surface area (TPSA) is 93.9 Å². The number of nitrogens with zero attached hydrogens (tertiary/aromatic N) is 4. The van der Waals surface area contributed by atoms with Gasteiger partial charge in [-0.3, -0.25) is 14.8 Å². The Labute approximate surface area is 203 Å². The molecule has 0 spiro atoms. The second-order valence-corrected chi connectivity index (χ2v) is 8.44. The predicted molar refractivity (Wildman–Crippen MR) is 135 cm³/mol. The van der Waals surface area contributed by atoms with E-state index in [0.29, 0.717) is 28.3 Å². The Morgan fingerprint density at radius 2 is 1.97 bits per heavy atom. The molecule has 2 aromatic heterocycles. The van der Waals surface area contributed by atoms with Crippen LogP contribution < -0.4 is 10.6 Å². The number of nitrogens with one attached hydrogen (secondary N) is 2. The number of hydrogen-bond donors (Lipinski definition) is 2. The van der Waals surface area contributed by atoms with Crippen molar-refractivity contribution in [2.24, 2.45) is 0 Å². The van der Waals surface area contributed by atoms with E-state index in [9.17, 15) is 10.1 Å². The van der Waals surface area contributed by atoms with Crippen molar-refractivity contribution in [2.45, 2.75) is 13.0 Å². The fourth-order valence-corrected chi connectivity index (χ4v) is 3.76. The lowest BCUT2D eigenvalue weighted by Gasteiger charge is -2.17. The summed E-state index contributed by atoms with van der Waals surface area (Å²) in [6.07, 6.45) is 5.24. The number of pyridine rings is 2. The van der Waals surface area contributed by atoms with Gasteiger partial charge in [0.2, 0.25) is 5.91 Å². The van der Waals surface area contributed by atoms with E-state index in [4.69, 9.17) is 11.6 Å². The van der Waals surface area contributed by atoms with Crippen LogP contribution in [0.15, 0.2) is 67.1 Å². The molecule has 34 heavy (non-hydrogen) atoms. The average molecular weight is 471 g/mol. The van der Waals surface area contributed by atoms with Crippen LogP contribution in [-0.2, 0) is 17.8 Å². The number of amides is 1. The molecule has 2 heterocycles. The molecule has 0 saturated heterocycles. The van der Waals surface area contributed by atoms with Crippen LogP contribution in [0.3, 0.4) is 0 Å². The van der Waals surface area contributed by atoms with E-state index in [0.717, 1.165) is 27.9 Å². The molecule has 0 aliphatic rings. The molecule has 7 nitrogen and oxygen atoms in total. The maximum atomic E-state index is 12.6. The fourth-order valence-electron chi connectivity index (χ4n) is 3.57. The van der Waals surface area contributed by atoms with Gasteiger partial charge in [-0.1, -0.05) is 23.7 Å². The first kappa shape index (κ1) is 23.0. The molecule has 0 bridgehead atoms. The zero-order valence-electron chi connectivity index (χ0n) is 18.8. The number of benzene rings is 2. The Bertz CT molecular complexity index is 1380. The molecule has 0 unspecified atom stereocenters. The van der Waals surface area contributed by atoms with E-state index in [-0.39, 0.29) is 12.3 Å². The smallest absolute Gasteiger partial charge is 0.226 e. The minimum atomic E-state index is -0.0405. The van der Waals surface area contributed by atoms with E-state index in [1.807, 2.05) is 36.4 Å². The number of fused-ring (bicyclic) bond motifs is 1. The molecule has 0 fully saturated rings. The van der Waals surface area contributed by atoms with E-state index in [1.165, 1.54) is 6.20 Å². The van der Waals surface area contributed by atoms with Gasteiger partial charge in [0.15, 0.2) is 0 Å². The Hall–Kier alpha value is -4.15. The van der Waals surface area contributed by atoms with Crippen LogP contribution in [0.2, 0.25) is 5.02 Å². The average Bonchev–Trinajstić information content (AvgIpc) is 2.83. The summed E-state index contributed by atoms with van der Waals surface area (Å²) in [4.78, 5) is 22.8. The van der Waals surface area contributed by atoms with Crippen molar-refractivity contribution in [1.82, 2.24) is 14.9 Å². The second-order valence-electron chi connectivity index (χ2n) is 8.01. The lowest BCUT2D eigenvalue weighted by Crippen LogP contribution is -2.23. The highest BCUT2D eigenvalue weighted by Gasteiger charge is 2.17. The molecule has 4 rings (SSSR count). The van der Waals surface area contributed by atoms with Gasteiger partial charge in [0, 0.05) is 61.0 Å². The summed E-state index contributed by atoms with van der Waals surface area (Å²) in [6.45, 7) is 0.558. The molecule has 170 valence electrons. The van der Waals surface area contributed by atoms with Gasteiger partial charge in [0.25, 0.3) is 0 Å². The number of hydrogen-bond acceptors (Lipinski definition) is 6. The van der Waals surface area contributed by atoms with Gasteiger partial charge >= 0.3 is 0 Å². The molecule has 0 atom stereocenters. The number of aromatic nitrogens is 2. The van der Waals surface area contributed by atoms with Gasteiger partial charge in [-0.25, -0.2) is 0 Å². The standard InChI is InChI=1S/C26H23ClN6O/c1-33(2)24(34)10-18-9-22(30-15-17-5-4-8-29-14-17)12-23-25(18)31-16-19(13-28)26(23)32-21-7-3-6-20(27)11-21/h3-9,11-12,14,16,30H,10,15H2,1-2H3,(H,31,32). The first-order valence-corrected chi connectivity index (χ1v) is 11.0. The van der Waals surface area contributed by atoms with Gasteiger partial charge in [-0.05, 0) is 47.5 Å². The highest BCUT2D eigenvalue weighted by Crippen LogP contribution is 2.34. The van der Waals surface area contributed by atoms with E-state index >= 15 is 0 Å². The molecule has 8 heteroatoms. The third-order valence-electron chi connectivity index (χ3n) is 5.32. The molecule has 0 saturated carbocycles. The van der Waals surface area contributed by atoms with E-state index < -0.39 is 0 Å². The van der Waals surface area contributed by atoms with Gasteiger partial charge in [0.1, 0.15) is 6.07 Å². The van der Waals surface area contributed by atoms with Gasteiger partial charge in [-0.15, -0.1) is 0 Å². The predicted octanol–water partition coefficient (Wildman–Crippen LogP) is 5.14. The summed E-state index contributed by atoms with van der Waals surface area (Å²) in [7, 11) is 3.45. The monoisotopic (exact) mass is 470 g/mol. The van der Waals surface area contributed by atoms with Crippen LogP contribution in [-0.4, -0.2) is 34.9 Å². The SMILES string of the molecule is CN(C)C(=O)Cc1cc(NCc2cccnc2)cc2c(Nc3cccc(Cl)c3)c(C#N)cnc12. The number of carbonyl (C=O) groups is 1. The number of rotatable bonds is 7. The summed E-state index contributed by atoms with van der Waals surface area (Å²) in [6, 6.07) is 17.2. The molecular weight excluding hydrogens is 448 g/mol. The second kappa shape index (κ2) is 10.2. The number of likely N-dealkylation sites (N-methyl/N-ethyl adjacent to an activating group) is 1. The minimum absolute atomic E-state index is 0.0405. The third-order valence-corrected chi connectivity index (χ3v) is 5.56. The van der Waals surface area contributed by atoms with Gasteiger partial charge < -0.3 is 15.5 Å². The lowest BCUT2D eigenvalue weighted by atomic mass is 10.0. The number of anilines is 3. The Morgan fingerprint density at radius 3 is 2.68 bits per heavy atom. The van der Waals surface area contributed by atoms with Crippen molar-refractivity contribution in [1.29, 1.82) is 5.26 Å². The summed E-state index contributed by atoms with van der Waals surface area (Å²) in [5.41, 5.74) is 5.00. The molecule has 0 aliphatic heterocycles. The van der Waals surface area contributed by atoms with Gasteiger partial charge in [-0.2, -0.15) is 5.26 Å². The summed E-state index contributed by atoms with van der Waals surface area (Å²) < 4.78 is 0. The number of nitriles is 1. The Balaban J connectivity index is 1.83. The molecular formula is C26H23ClN6O. The fraction of sp³-hybridized carbons (Fsp3) is 0.154. The lowest BCUT2D eigenvalue weighted by molar-refractivity contribution is -0.127. The summed E-state index contributed by atoms with van der Waals surface area (Å²) in [5, 5.41) is 17.8. The maximum absolute atomic E-state index is 12.6. The zero-order chi connectivity index (χ0) is 24.1. The van der Waals surface area contributed by atoms with Crippen LogP contribution in [0.5, 0.6) is 0 Å². The first-order valence-electron chi connectivity index (χ1n) is 10.7. The van der Waals surface area contributed by atoms with Crippen LogP contribution in [0, 0.1) is 11.3 Å². The van der Waals surface area contributed by atoms with Crippen molar-refractivity contribution < 1.29 is 4.79 Å². The third kappa shape index (κ3) is 5.25. The largest absolute Gasteiger partial charge is 0.381 e. The van der Waals surface area contributed by atoms with Crippen LogP contribution in [0.1, 0.15) is 16.7 Å². The van der Waals surface area contributed by atoms with E-state index in [2.05, 4.69) is 26.7 Å². The van der Waals surface area contributed by atoms with Crippen molar-refractivity contribution in [3.63, 3.8) is 0 Å². The normalized spacial score (nSPS) is 10.5. The van der Waals surface area contributed by atoms with Crippen LogP contribution in [0.4, 0.5) is 17.1 Å². The molecule has 2 N–H and O–H groups in total. The molecule has 2 aromatic carbocycles. The quantitative estimate of drug-likeness (QED) is 0.388. The van der Waals surface area contributed by atoms with Crippen molar-refractivity contribution in [2.75, 3.05) is 24.7 Å². The molecule has 0 radical (unpaired) electrons. The highest BCUT2D eigenvalue weighted by atomic mass is 35.5. The van der Waals surface area contributed by atoms with E-state index in [1.54, 1.807) is 43.5 Å². The number of carbonyl (C=O) groups excluding carboxylic acids is 1. The molecule has 0 aliphatic carbocycles. The van der Waals surface area contributed by atoms with Crippen LogP contribution >= 0.6 is 11.6 Å². The van der Waals surface area contributed by atoms with Crippen molar-refractivity contribution >= 4 is 45.5 Å².